The van der Waals surface area contributed by atoms with Crippen molar-refractivity contribution in [1.29, 1.82) is 0 Å². The third kappa shape index (κ3) is 5.62. The van der Waals surface area contributed by atoms with Gasteiger partial charge in [-0.1, -0.05) is 12.1 Å². The van der Waals surface area contributed by atoms with Gasteiger partial charge in [0.1, 0.15) is 11.5 Å². The predicted molar refractivity (Wildman–Crippen MR) is 129 cm³/mol. The number of nitrogens with one attached hydrogen (secondary N) is 1. The maximum absolute atomic E-state index is 12.8. The van der Waals surface area contributed by atoms with Crippen LogP contribution in [-0.2, 0) is 0 Å². The molecule has 0 radical (unpaired) electrons. The summed E-state index contributed by atoms with van der Waals surface area (Å²) in [5.74, 6) is 1.42. The quantitative estimate of drug-likeness (QED) is 0.572. The Morgan fingerprint density at radius 2 is 1.73 bits per heavy atom. The van der Waals surface area contributed by atoms with Crippen LogP contribution >= 0.6 is 0 Å². The van der Waals surface area contributed by atoms with Crippen LogP contribution < -0.4 is 19.7 Å². The molecule has 172 valence electrons. The van der Waals surface area contributed by atoms with Crippen LogP contribution in [0.2, 0.25) is 0 Å². The highest BCUT2D eigenvalue weighted by molar-refractivity contribution is 5.94. The number of amides is 1. The standard InChI is InChI=1S/C26H30N4O3/c1-32-23-10-8-22(9-11-23)29-13-15-30(16-14-29)25(21-6-4-12-27-18-21)19-28-26(31)20-5-3-7-24(17-20)33-2/h3-12,17-18,25H,13-16,19H2,1-2H3,(H,28,31). The lowest BCUT2D eigenvalue weighted by atomic mass is 10.1. The zero-order chi connectivity index (χ0) is 23.0. The number of hydrogen-bond acceptors (Lipinski definition) is 6. The number of nitrogens with zero attached hydrogens (tertiary/aromatic N) is 3. The summed E-state index contributed by atoms with van der Waals surface area (Å²) in [5, 5.41) is 3.11. The topological polar surface area (TPSA) is 66.9 Å². The smallest absolute Gasteiger partial charge is 0.251 e. The van der Waals surface area contributed by atoms with Crippen LogP contribution in [0.1, 0.15) is 22.0 Å². The number of ether oxygens (including phenoxy) is 2. The van der Waals surface area contributed by atoms with Crippen LogP contribution in [0.5, 0.6) is 11.5 Å². The number of piperazine rings is 1. The van der Waals surface area contributed by atoms with E-state index in [1.54, 1.807) is 32.5 Å². The van der Waals surface area contributed by atoms with Gasteiger partial charge in [-0.25, -0.2) is 0 Å². The van der Waals surface area contributed by atoms with Gasteiger partial charge in [0.25, 0.3) is 5.91 Å². The molecular formula is C26H30N4O3. The molecule has 0 spiro atoms. The molecule has 1 amide bonds. The Kier molecular flexibility index (Phi) is 7.42. The van der Waals surface area contributed by atoms with E-state index in [2.05, 4.69) is 38.3 Å². The molecule has 7 nitrogen and oxygen atoms in total. The maximum atomic E-state index is 12.8. The third-order valence-electron chi connectivity index (χ3n) is 6.05. The van der Waals surface area contributed by atoms with E-state index in [1.165, 1.54) is 5.69 Å². The van der Waals surface area contributed by atoms with Gasteiger partial charge in [0.2, 0.25) is 0 Å². The van der Waals surface area contributed by atoms with Crippen molar-refractivity contribution in [3.05, 3.63) is 84.2 Å². The number of carbonyl (C=O) groups is 1. The van der Waals surface area contributed by atoms with Crippen molar-refractivity contribution in [3.8, 4) is 11.5 Å². The first-order valence-electron chi connectivity index (χ1n) is 11.1. The van der Waals surface area contributed by atoms with Crippen molar-refractivity contribution in [2.75, 3.05) is 51.8 Å². The molecule has 1 fully saturated rings. The molecule has 1 atom stereocenters. The number of rotatable bonds is 8. The Labute approximate surface area is 195 Å². The van der Waals surface area contributed by atoms with Crippen molar-refractivity contribution >= 4 is 11.6 Å². The van der Waals surface area contributed by atoms with Crippen LogP contribution in [0.15, 0.2) is 73.1 Å². The monoisotopic (exact) mass is 446 g/mol. The normalized spacial score (nSPS) is 15.0. The highest BCUT2D eigenvalue weighted by Crippen LogP contribution is 2.25. The summed E-state index contributed by atoms with van der Waals surface area (Å²) in [5.41, 5.74) is 2.88. The zero-order valence-electron chi connectivity index (χ0n) is 19.1. The Morgan fingerprint density at radius 1 is 0.970 bits per heavy atom. The Balaban J connectivity index is 1.42. The highest BCUT2D eigenvalue weighted by Gasteiger charge is 2.26. The Bertz CT molecular complexity index is 1030. The molecule has 1 unspecified atom stereocenters. The van der Waals surface area contributed by atoms with Gasteiger partial charge in [-0.15, -0.1) is 0 Å². The van der Waals surface area contributed by atoms with E-state index in [0.717, 1.165) is 37.5 Å². The van der Waals surface area contributed by atoms with Gasteiger partial charge < -0.3 is 19.7 Å². The SMILES string of the molecule is COc1ccc(N2CCN(C(CNC(=O)c3cccc(OC)c3)c3cccnc3)CC2)cc1. The first-order chi connectivity index (χ1) is 16.2. The third-order valence-corrected chi connectivity index (χ3v) is 6.05. The fourth-order valence-corrected chi connectivity index (χ4v) is 4.17. The number of pyridine rings is 1. The molecule has 1 aliphatic heterocycles. The molecule has 0 bridgehead atoms. The lowest BCUT2D eigenvalue weighted by molar-refractivity contribution is 0.0929. The summed E-state index contributed by atoms with van der Waals surface area (Å²) in [6.07, 6.45) is 3.66. The average molecular weight is 447 g/mol. The lowest BCUT2D eigenvalue weighted by Gasteiger charge is -2.40. The fourth-order valence-electron chi connectivity index (χ4n) is 4.17. The van der Waals surface area contributed by atoms with Crippen molar-refractivity contribution in [2.45, 2.75) is 6.04 Å². The van der Waals surface area contributed by atoms with Gasteiger partial charge in [-0.3, -0.25) is 14.7 Å². The number of aromatic nitrogens is 1. The summed E-state index contributed by atoms with van der Waals surface area (Å²) >= 11 is 0. The molecule has 2 heterocycles. The predicted octanol–water partition coefficient (Wildman–Crippen LogP) is 3.39. The molecule has 3 aromatic rings. The summed E-state index contributed by atoms with van der Waals surface area (Å²) < 4.78 is 10.5. The Hall–Kier alpha value is -3.58. The molecule has 2 aromatic carbocycles. The van der Waals surface area contributed by atoms with E-state index in [0.29, 0.717) is 17.9 Å². The molecule has 0 aliphatic carbocycles. The summed E-state index contributed by atoms with van der Waals surface area (Å²) in [7, 11) is 3.28. The van der Waals surface area contributed by atoms with Gasteiger partial charge in [0.15, 0.2) is 0 Å². The van der Waals surface area contributed by atoms with Crippen LogP contribution in [0.3, 0.4) is 0 Å². The highest BCUT2D eigenvalue weighted by atomic mass is 16.5. The number of anilines is 1. The minimum absolute atomic E-state index is 0.0475. The number of benzene rings is 2. The second kappa shape index (κ2) is 10.8. The van der Waals surface area contributed by atoms with E-state index >= 15 is 0 Å². The summed E-state index contributed by atoms with van der Waals surface area (Å²) in [4.78, 5) is 21.9. The molecule has 7 heteroatoms. The van der Waals surface area contributed by atoms with Gasteiger partial charge in [0.05, 0.1) is 20.3 Å². The number of carbonyl (C=O) groups excluding carboxylic acids is 1. The van der Waals surface area contributed by atoms with E-state index < -0.39 is 0 Å². The minimum atomic E-state index is -0.111. The van der Waals surface area contributed by atoms with E-state index in [9.17, 15) is 4.79 Å². The first kappa shape index (κ1) is 22.6. The second-order valence-corrected chi connectivity index (χ2v) is 7.97. The van der Waals surface area contributed by atoms with E-state index in [1.807, 2.05) is 36.5 Å². The molecule has 1 saturated heterocycles. The minimum Gasteiger partial charge on any atom is -0.497 e. The number of hydrogen-bond donors (Lipinski definition) is 1. The second-order valence-electron chi connectivity index (χ2n) is 7.97. The van der Waals surface area contributed by atoms with E-state index in [-0.39, 0.29) is 11.9 Å². The molecule has 33 heavy (non-hydrogen) atoms. The lowest BCUT2D eigenvalue weighted by Crippen LogP contribution is -2.50. The van der Waals surface area contributed by atoms with Crippen molar-refractivity contribution < 1.29 is 14.3 Å². The zero-order valence-corrected chi connectivity index (χ0v) is 19.1. The van der Waals surface area contributed by atoms with Crippen molar-refractivity contribution in [3.63, 3.8) is 0 Å². The van der Waals surface area contributed by atoms with Crippen LogP contribution in [0, 0.1) is 0 Å². The van der Waals surface area contributed by atoms with Crippen molar-refractivity contribution in [1.82, 2.24) is 15.2 Å². The van der Waals surface area contributed by atoms with Gasteiger partial charge in [-0.2, -0.15) is 0 Å². The molecule has 1 N–H and O–H groups in total. The molecule has 1 aliphatic rings. The molecule has 1 aromatic heterocycles. The van der Waals surface area contributed by atoms with Gasteiger partial charge in [0, 0.05) is 56.4 Å². The number of methoxy groups -OCH3 is 2. The molecule has 0 saturated carbocycles. The van der Waals surface area contributed by atoms with Gasteiger partial charge in [-0.05, 0) is 54.1 Å². The summed E-state index contributed by atoms with van der Waals surface area (Å²) in [6, 6.07) is 19.5. The molecule has 4 rings (SSSR count). The van der Waals surface area contributed by atoms with Crippen LogP contribution in [-0.4, -0.2) is 62.7 Å². The Morgan fingerprint density at radius 3 is 2.39 bits per heavy atom. The van der Waals surface area contributed by atoms with Crippen LogP contribution in [0.25, 0.3) is 0 Å². The molecular weight excluding hydrogens is 416 g/mol. The fraction of sp³-hybridized carbons (Fsp3) is 0.308. The first-order valence-corrected chi connectivity index (χ1v) is 11.1. The maximum Gasteiger partial charge on any atom is 0.251 e. The van der Waals surface area contributed by atoms with Crippen LogP contribution in [0.4, 0.5) is 5.69 Å². The largest absolute Gasteiger partial charge is 0.497 e. The van der Waals surface area contributed by atoms with E-state index in [4.69, 9.17) is 9.47 Å². The van der Waals surface area contributed by atoms with Gasteiger partial charge >= 0.3 is 0 Å². The average Bonchev–Trinajstić information content (AvgIpc) is 2.90. The van der Waals surface area contributed by atoms with Crippen molar-refractivity contribution in [2.24, 2.45) is 0 Å². The summed E-state index contributed by atoms with van der Waals surface area (Å²) in [6.45, 7) is 4.10.